The smallest absolute Gasteiger partial charge is 0.325 e. The first kappa shape index (κ1) is 21.1. The Morgan fingerprint density at radius 1 is 1.09 bits per heavy atom. The predicted molar refractivity (Wildman–Crippen MR) is 115 cm³/mol. The number of carbonyl (C=O) groups is 4. The van der Waals surface area contributed by atoms with E-state index in [1.807, 2.05) is 21.9 Å². The highest BCUT2D eigenvalue weighted by Gasteiger charge is 2.46. The van der Waals surface area contributed by atoms with Crippen LogP contribution in [-0.4, -0.2) is 91.7 Å². The van der Waals surface area contributed by atoms with E-state index in [1.54, 1.807) is 29.2 Å². The Hall–Kier alpha value is -3.76. The molecule has 0 saturated carbocycles. The summed E-state index contributed by atoms with van der Waals surface area (Å²) in [6.07, 6.45) is 6.47. The topological polar surface area (TPSA) is 121 Å². The third kappa shape index (κ3) is 3.94. The molecule has 0 atom stereocenters. The van der Waals surface area contributed by atoms with Gasteiger partial charge in [-0.1, -0.05) is 11.3 Å². The number of imide groups is 1. The minimum atomic E-state index is -0.518. The van der Waals surface area contributed by atoms with Gasteiger partial charge in [-0.05, 0) is 43.9 Å². The van der Waals surface area contributed by atoms with Crippen LogP contribution < -0.4 is 5.32 Å². The summed E-state index contributed by atoms with van der Waals surface area (Å²) in [5.74, 6) is -0.573. The van der Waals surface area contributed by atoms with Crippen molar-refractivity contribution in [3.8, 4) is 5.69 Å². The number of urea groups is 1. The monoisotopic (exact) mass is 451 g/mol. The molecular weight excluding hydrogens is 426 g/mol. The van der Waals surface area contributed by atoms with Gasteiger partial charge in [0.05, 0.1) is 18.1 Å². The number of hydrogen-bond acceptors (Lipinski definition) is 6. The molecule has 11 heteroatoms. The van der Waals surface area contributed by atoms with Crippen LogP contribution in [0.5, 0.6) is 0 Å². The van der Waals surface area contributed by atoms with Crippen LogP contribution in [-0.2, 0) is 9.59 Å². The van der Waals surface area contributed by atoms with Crippen molar-refractivity contribution in [2.75, 3.05) is 32.7 Å². The zero-order chi connectivity index (χ0) is 23.0. The largest absolute Gasteiger partial charge is 0.338 e. The van der Waals surface area contributed by atoms with Crippen LogP contribution in [0.4, 0.5) is 4.79 Å². The van der Waals surface area contributed by atoms with E-state index in [0.29, 0.717) is 38.0 Å². The Kier molecular flexibility index (Phi) is 5.31. The number of benzene rings is 1. The summed E-state index contributed by atoms with van der Waals surface area (Å²) in [6.45, 7) is 1.56. The van der Waals surface area contributed by atoms with E-state index in [0.717, 1.165) is 18.5 Å². The normalized spacial score (nSPS) is 19.9. The molecule has 3 fully saturated rings. The number of nitrogens with one attached hydrogen (secondary N) is 1. The summed E-state index contributed by atoms with van der Waals surface area (Å²) in [7, 11) is 0. The van der Waals surface area contributed by atoms with Crippen LogP contribution in [0.25, 0.3) is 5.69 Å². The number of piperidine rings is 1. The molecule has 1 spiro atoms. The van der Waals surface area contributed by atoms with Crippen molar-refractivity contribution in [1.82, 2.24) is 35.0 Å². The maximum atomic E-state index is 13.2. The molecule has 0 radical (unpaired) electrons. The molecule has 5 rings (SSSR count). The van der Waals surface area contributed by atoms with E-state index >= 15 is 0 Å². The number of amides is 5. The zero-order valence-electron chi connectivity index (χ0n) is 18.1. The zero-order valence-corrected chi connectivity index (χ0v) is 18.1. The molecule has 1 aromatic carbocycles. The summed E-state index contributed by atoms with van der Waals surface area (Å²) in [5, 5.41) is 9.99. The SMILES string of the molecule is O=C1CN(CC(=O)N2CCCC23CCN(C(=O)c2cccc(-n4ccnn4)c2)CC3)C(=O)N1. The lowest BCUT2D eigenvalue weighted by Gasteiger charge is -2.45. The third-order valence-corrected chi connectivity index (χ3v) is 6.85. The molecule has 3 aliphatic heterocycles. The summed E-state index contributed by atoms with van der Waals surface area (Å²) >= 11 is 0. The molecule has 0 unspecified atom stereocenters. The molecule has 3 saturated heterocycles. The Morgan fingerprint density at radius 3 is 2.61 bits per heavy atom. The maximum absolute atomic E-state index is 13.2. The van der Waals surface area contributed by atoms with Gasteiger partial charge in [-0.3, -0.25) is 19.7 Å². The third-order valence-electron chi connectivity index (χ3n) is 6.85. The average Bonchev–Trinajstić information content (AvgIpc) is 3.55. The minimum absolute atomic E-state index is 0.0464. The molecule has 0 aliphatic carbocycles. The highest BCUT2D eigenvalue weighted by Crippen LogP contribution is 2.39. The lowest BCUT2D eigenvalue weighted by atomic mass is 9.84. The van der Waals surface area contributed by atoms with E-state index in [2.05, 4.69) is 15.6 Å². The lowest BCUT2D eigenvalue weighted by molar-refractivity contribution is -0.137. The van der Waals surface area contributed by atoms with Crippen LogP contribution in [0.3, 0.4) is 0 Å². The van der Waals surface area contributed by atoms with E-state index in [1.165, 1.54) is 4.90 Å². The molecule has 4 heterocycles. The van der Waals surface area contributed by atoms with Crippen LogP contribution >= 0.6 is 0 Å². The van der Waals surface area contributed by atoms with Gasteiger partial charge < -0.3 is 14.7 Å². The van der Waals surface area contributed by atoms with Crippen molar-refractivity contribution in [3.63, 3.8) is 0 Å². The first-order valence-corrected chi connectivity index (χ1v) is 11.1. The molecule has 1 aromatic heterocycles. The molecule has 0 bridgehead atoms. The Bertz CT molecular complexity index is 1090. The molecule has 11 nitrogen and oxygen atoms in total. The number of aromatic nitrogens is 3. The van der Waals surface area contributed by atoms with Gasteiger partial charge >= 0.3 is 6.03 Å². The van der Waals surface area contributed by atoms with Gasteiger partial charge in [0.25, 0.3) is 5.91 Å². The van der Waals surface area contributed by atoms with E-state index in [4.69, 9.17) is 0 Å². The van der Waals surface area contributed by atoms with Crippen molar-refractivity contribution >= 4 is 23.8 Å². The standard InChI is InChI=1S/C22H25N7O4/c30-18-14-27(21(33)24-18)15-19(31)28-9-2-5-22(28)6-10-26(11-7-22)20(32)16-3-1-4-17(13-16)29-12-8-23-25-29/h1,3-4,8,12-13H,2,5-7,9-11,14-15H2,(H,24,30,33). The van der Waals surface area contributed by atoms with Crippen molar-refractivity contribution < 1.29 is 19.2 Å². The van der Waals surface area contributed by atoms with Gasteiger partial charge in [-0.15, -0.1) is 5.10 Å². The number of hydrogen-bond donors (Lipinski definition) is 1. The Balaban J connectivity index is 1.24. The molecule has 1 N–H and O–H groups in total. The second kappa shape index (κ2) is 8.30. The summed E-state index contributed by atoms with van der Waals surface area (Å²) < 4.78 is 1.61. The fourth-order valence-electron chi connectivity index (χ4n) is 5.14. The second-order valence-corrected chi connectivity index (χ2v) is 8.77. The highest BCUT2D eigenvalue weighted by molar-refractivity contribution is 6.03. The van der Waals surface area contributed by atoms with E-state index in [-0.39, 0.29) is 36.3 Å². The Morgan fingerprint density at radius 2 is 1.91 bits per heavy atom. The Labute approximate surface area is 190 Å². The van der Waals surface area contributed by atoms with Crippen molar-refractivity contribution in [2.24, 2.45) is 0 Å². The fourth-order valence-corrected chi connectivity index (χ4v) is 5.14. The number of likely N-dealkylation sites (tertiary alicyclic amines) is 2. The summed E-state index contributed by atoms with van der Waals surface area (Å²) in [4.78, 5) is 54.4. The minimum Gasteiger partial charge on any atom is -0.338 e. The van der Waals surface area contributed by atoms with Crippen LogP contribution in [0, 0.1) is 0 Å². The average molecular weight is 451 g/mol. The van der Waals surface area contributed by atoms with Gasteiger partial charge in [-0.25, -0.2) is 9.48 Å². The molecule has 5 amide bonds. The molecule has 2 aromatic rings. The number of rotatable bonds is 4. The molecular formula is C22H25N7O4. The highest BCUT2D eigenvalue weighted by atomic mass is 16.2. The van der Waals surface area contributed by atoms with Gasteiger partial charge in [0, 0.05) is 30.7 Å². The molecule has 3 aliphatic rings. The predicted octanol–water partition coefficient (Wildman–Crippen LogP) is 0.416. The van der Waals surface area contributed by atoms with Crippen LogP contribution in [0.15, 0.2) is 36.7 Å². The van der Waals surface area contributed by atoms with Gasteiger partial charge in [0.15, 0.2) is 0 Å². The lowest BCUT2D eigenvalue weighted by Crippen LogP contribution is -2.56. The van der Waals surface area contributed by atoms with Gasteiger partial charge in [0.1, 0.15) is 13.1 Å². The number of carbonyl (C=O) groups excluding carboxylic acids is 4. The quantitative estimate of drug-likeness (QED) is 0.673. The van der Waals surface area contributed by atoms with Crippen molar-refractivity contribution in [1.29, 1.82) is 0 Å². The number of nitrogens with zero attached hydrogens (tertiary/aromatic N) is 6. The second-order valence-electron chi connectivity index (χ2n) is 8.77. The van der Waals surface area contributed by atoms with Crippen molar-refractivity contribution in [2.45, 2.75) is 31.2 Å². The van der Waals surface area contributed by atoms with Crippen LogP contribution in [0.2, 0.25) is 0 Å². The van der Waals surface area contributed by atoms with E-state index < -0.39 is 6.03 Å². The first-order chi connectivity index (χ1) is 15.9. The molecule has 172 valence electrons. The van der Waals surface area contributed by atoms with Gasteiger partial charge in [-0.2, -0.15) is 0 Å². The molecule has 33 heavy (non-hydrogen) atoms. The summed E-state index contributed by atoms with van der Waals surface area (Å²) in [6, 6.07) is 6.77. The maximum Gasteiger partial charge on any atom is 0.325 e. The van der Waals surface area contributed by atoms with E-state index in [9.17, 15) is 19.2 Å². The van der Waals surface area contributed by atoms with Gasteiger partial charge in [0.2, 0.25) is 11.8 Å². The fraction of sp³-hybridized carbons (Fsp3) is 0.455. The van der Waals surface area contributed by atoms with Crippen LogP contribution in [0.1, 0.15) is 36.0 Å². The summed E-state index contributed by atoms with van der Waals surface area (Å²) in [5.41, 5.74) is 1.06. The van der Waals surface area contributed by atoms with Crippen molar-refractivity contribution in [3.05, 3.63) is 42.2 Å². The first-order valence-electron chi connectivity index (χ1n) is 11.1.